The molecule has 3 rings (SSSR count). The number of nitrogens with zero attached hydrogens (tertiary/aromatic N) is 1. The standard InChI is InChI=1S/C19H20FNO2/c1-23-18-10-3-2-6-15(18)13-19(22)21-11-5-9-17(21)14-7-4-8-16(20)12-14/h2-4,6-8,10,12,17H,5,9,11,13H2,1H3. The lowest BCUT2D eigenvalue weighted by molar-refractivity contribution is -0.131. The van der Waals surface area contributed by atoms with E-state index in [0.717, 1.165) is 36.3 Å². The SMILES string of the molecule is COc1ccccc1CC(=O)N1CCCC1c1cccc(F)c1. The maximum absolute atomic E-state index is 13.5. The summed E-state index contributed by atoms with van der Waals surface area (Å²) in [7, 11) is 1.61. The number of ether oxygens (including phenoxy) is 1. The lowest BCUT2D eigenvalue weighted by atomic mass is 10.0. The minimum absolute atomic E-state index is 0.0343. The van der Waals surface area contributed by atoms with Crippen LogP contribution in [0.3, 0.4) is 0 Å². The number of rotatable bonds is 4. The number of likely N-dealkylation sites (tertiary alicyclic amines) is 1. The minimum Gasteiger partial charge on any atom is -0.496 e. The van der Waals surface area contributed by atoms with Gasteiger partial charge in [-0.2, -0.15) is 0 Å². The monoisotopic (exact) mass is 313 g/mol. The van der Waals surface area contributed by atoms with Gasteiger partial charge in [0.25, 0.3) is 0 Å². The van der Waals surface area contributed by atoms with Gasteiger partial charge in [0.05, 0.1) is 19.6 Å². The average Bonchev–Trinajstić information content (AvgIpc) is 3.05. The lowest BCUT2D eigenvalue weighted by Crippen LogP contribution is -2.32. The maximum Gasteiger partial charge on any atom is 0.227 e. The molecule has 0 N–H and O–H groups in total. The molecule has 0 aliphatic carbocycles. The average molecular weight is 313 g/mol. The van der Waals surface area contributed by atoms with Crippen LogP contribution in [0, 0.1) is 5.82 Å². The molecule has 1 saturated heterocycles. The highest BCUT2D eigenvalue weighted by Crippen LogP contribution is 2.33. The Morgan fingerprint density at radius 2 is 2.09 bits per heavy atom. The third-order valence-corrected chi connectivity index (χ3v) is 4.34. The molecule has 2 aromatic carbocycles. The van der Waals surface area contributed by atoms with Crippen molar-refractivity contribution in [3.05, 3.63) is 65.5 Å². The highest BCUT2D eigenvalue weighted by atomic mass is 19.1. The third-order valence-electron chi connectivity index (χ3n) is 4.34. The van der Waals surface area contributed by atoms with Crippen molar-refractivity contribution in [1.82, 2.24) is 4.90 Å². The second-order valence-electron chi connectivity index (χ2n) is 5.79. The third kappa shape index (κ3) is 3.36. The van der Waals surface area contributed by atoms with E-state index >= 15 is 0 Å². The molecule has 0 bridgehead atoms. The number of carbonyl (C=O) groups excluding carboxylic acids is 1. The van der Waals surface area contributed by atoms with Gasteiger partial charge in [0.15, 0.2) is 0 Å². The van der Waals surface area contributed by atoms with Gasteiger partial charge in [-0.05, 0) is 36.6 Å². The Bertz CT molecular complexity index is 701. The van der Waals surface area contributed by atoms with E-state index in [1.807, 2.05) is 35.2 Å². The van der Waals surface area contributed by atoms with Crippen LogP contribution in [-0.4, -0.2) is 24.5 Å². The van der Waals surface area contributed by atoms with E-state index in [1.165, 1.54) is 12.1 Å². The second-order valence-corrected chi connectivity index (χ2v) is 5.79. The van der Waals surface area contributed by atoms with E-state index in [9.17, 15) is 9.18 Å². The van der Waals surface area contributed by atoms with Crippen LogP contribution in [0.4, 0.5) is 4.39 Å². The van der Waals surface area contributed by atoms with Crippen LogP contribution in [0.5, 0.6) is 5.75 Å². The summed E-state index contributed by atoms with van der Waals surface area (Å²) in [5.41, 5.74) is 1.75. The zero-order valence-corrected chi connectivity index (χ0v) is 13.2. The molecule has 1 aliphatic heterocycles. The summed E-state index contributed by atoms with van der Waals surface area (Å²) >= 11 is 0. The summed E-state index contributed by atoms with van der Waals surface area (Å²) in [6.45, 7) is 0.717. The van der Waals surface area contributed by atoms with E-state index in [1.54, 1.807) is 13.2 Å². The Morgan fingerprint density at radius 1 is 1.26 bits per heavy atom. The van der Waals surface area contributed by atoms with E-state index in [-0.39, 0.29) is 17.8 Å². The molecule has 1 fully saturated rings. The van der Waals surface area contributed by atoms with Crippen molar-refractivity contribution in [1.29, 1.82) is 0 Å². The highest BCUT2D eigenvalue weighted by Gasteiger charge is 2.30. The molecule has 1 aliphatic rings. The molecule has 0 aromatic heterocycles. The molecule has 23 heavy (non-hydrogen) atoms. The molecule has 2 aromatic rings. The largest absolute Gasteiger partial charge is 0.496 e. The van der Waals surface area contributed by atoms with Crippen LogP contribution < -0.4 is 4.74 Å². The molecule has 1 unspecified atom stereocenters. The van der Waals surface area contributed by atoms with E-state index in [0.29, 0.717) is 6.42 Å². The molecule has 0 radical (unpaired) electrons. The van der Waals surface area contributed by atoms with E-state index in [2.05, 4.69) is 0 Å². The first-order valence-corrected chi connectivity index (χ1v) is 7.86. The van der Waals surface area contributed by atoms with Crippen LogP contribution in [0.1, 0.15) is 30.0 Å². The van der Waals surface area contributed by atoms with Gasteiger partial charge in [-0.3, -0.25) is 4.79 Å². The van der Waals surface area contributed by atoms with Crippen LogP contribution in [0.25, 0.3) is 0 Å². The number of carbonyl (C=O) groups is 1. The topological polar surface area (TPSA) is 29.5 Å². The number of methoxy groups -OCH3 is 1. The summed E-state index contributed by atoms with van der Waals surface area (Å²) in [6, 6.07) is 14.1. The second kappa shape index (κ2) is 6.82. The van der Waals surface area contributed by atoms with Gasteiger partial charge in [0.2, 0.25) is 5.91 Å². The Hall–Kier alpha value is -2.36. The number of benzene rings is 2. The Balaban J connectivity index is 1.78. The van der Waals surface area contributed by atoms with Gasteiger partial charge in [0, 0.05) is 12.1 Å². The van der Waals surface area contributed by atoms with Crippen LogP contribution in [0.15, 0.2) is 48.5 Å². The molecule has 4 heteroatoms. The molecule has 1 amide bonds. The molecule has 120 valence electrons. The Morgan fingerprint density at radius 3 is 2.87 bits per heavy atom. The van der Waals surface area contributed by atoms with Crippen molar-refractivity contribution in [3.8, 4) is 5.75 Å². The molecular weight excluding hydrogens is 293 g/mol. The normalized spacial score (nSPS) is 17.3. The maximum atomic E-state index is 13.5. The van der Waals surface area contributed by atoms with Gasteiger partial charge in [-0.25, -0.2) is 4.39 Å². The summed E-state index contributed by atoms with van der Waals surface area (Å²) in [4.78, 5) is 14.6. The van der Waals surface area contributed by atoms with Crippen LogP contribution in [0.2, 0.25) is 0 Å². The molecule has 1 atom stereocenters. The lowest BCUT2D eigenvalue weighted by Gasteiger charge is -2.25. The van der Waals surface area contributed by atoms with Crippen molar-refractivity contribution in [2.75, 3.05) is 13.7 Å². The first-order valence-electron chi connectivity index (χ1n) is 7.86. The van der Waals surface area contributed by atoms with Gasteiger partial charge < -0.3 is 9.64 Å². The van der Waals surface area contributed by atoms with Crippen LogP contribution >= 0.6 is 0 Å². The fraction of sp³-hybridized carbons (Fsp3) is 0.316. The van der Waals surface area contributed by atoms with E-state index < -0.39 is 0 Å². The number of halogens is 1. The highest BCUT2D eigenvalue weighted by molar-refractivity contribution is 5.80. The summed E-state index contributed by atoms with van der Waals surface area (Å²) in [6.07, 6.45) is 2.12. The number of amides is 1. The Kier molecular flexibility index (Phi) is 4.60. The predicted octanol–water partition coefficient (Wildman–Crippen LogP) is 3.74. The van der Waals surface area contributed by atoms with Crippen molar-refractivity contribution >= 4 is 5.91 Å². The summed E-state index contributed by atoms with van der Waals surface area (Å²) in [5.74, 6) is 0.523. The zero-order chi connectivity index (χ0) is 16.2. The number of hydrogen-bond donors (Lipinski definition) is 0. The van der Waals surface area contributed by atoms with Gasteiger partial charge in [-0.1, -0.05) is 30.3 Å². The first-order chi connectivity index (χ1) is 11.2. The van der Waals surface area contributed by atoms with Crippen molar-refractivity contribution in [3.63, 3.8) is 0 Å². The zero-order valence-electron chi connectivity index (χ0n) is 13.2. The van der Waals surface area contributed by atoms with Crippen molar-refractivity contribution in [2.24, 2.45) is 0 Å². The minimum atomic E-state index is -0.258. The van der Waals surface area contributed by atoms with Gasteiger partial charge >= 0.3 is 0 Å². The van der Waals surface area contributed by atoms with Crippen LogP contribution in [-0.2, 0) is 11.2 Å². The summed E-state index contributed by atoms with van der Waals surface area (Å²) < 4.78 is 18.8. The fourth-order valence-corrected chi connectivity index (χ4v) is 3.24. The van der Waals surface area contributed by atoms with Gasteiger partial charge in [0.1, 0.15) is 11.6 Å². The predicted molar refractivity (Wildman–Crippen MR) is 86.8 cm³/mol. The smallest absolute Gasteiger partial charge is 0.227 e. The fourth-order valence-electron chi connectivity index (χ4n) is 3.24. The first kappa shape index (κ1) is 15.5. The molecule has 3 nitrogen and oxygen atoms in total. The quantitative estimate of drug-likeness (QED) is 0.860. The molecule has 0 saturated carbocycles. The molecule has 0 spiro atoms. The van der Waals surface area contributed by atoms with Crippen molar-refractivity contribution < 1.29 is 13.9 Å². The summed E-state index contributed by atoms with van der Waals surface area (Å²) in [5, 5.41) is 0. The molecular formula is C19H20FNO2. The molecule has 1 heterocycles. The Labute approximate surface area is 135 Å². The number of hydrogen-bond acceptors (Lipinski definition) is 2. The van der Waals surface area contributed by atoms with Crippen molar-refractivity contribution in [2.45, 2.75) is 25.3 Å². The number of para-hydroxylation sites is 1. The van der Waals surface area contributed by atoms with Gasteiger partial charge in [-0.15, -0.1) is 0 Å². The van der Waals surface area contributed by atoms with E-state index in [4.69, 9.17) is 4.74 Å².